The van der Waals surface area contributed by atoms with Crippen LogP contribution in [-0.2, 0) is 6.18 Å². The smallest absolute Gasteiger partial charge is 0.390 e. The number of aromatic amines is 1. The predicted molar refractivity (Wildman–Crippen MR) is 117 cm³/mol. The summed E-state index contributed by atoms with van der Waals surface area (Å²) in [4.78, 5) is 10.9. The zero-order valence-corrected chi connectivity index (χ0v) is 18.5. The summed E-state index contributed by atoms with van der Waals surface area (Å²) < 4.78 is 58.6. The van der Waals surface area contributed by atoms with Crippen LogP contribution in [0.5, 0.6) is 0 Å². The molecule has 0 aliphatic heterocycles. The third-order valence-electron chi connectivity index (χ3n) is 5.98. The lowest BCUT2D eigenvalue weighted by Crippen LogP contribution is -2.43. The van der Waals surface area contributed by atoms with E-state index in [1.807, 2.05) is 0 Å². The number of hydrogen-bond acceptors (Lipinski definition) is 4. The number of aromatic nitrogens is 5. The highest BCUT2D eigenvalue weighted by atomic mass is 35.5. The second-order valence-electron chi connectivity index (χ2n) is 8.55. The van der Waals surface area contributed by atoms with Gasteiger partial charge in [0.25, 0.3) is 0 Å². The van der Waals surface area contributed by atoms with Crippen molar-refractivity contribution in [1.82, 2.24) is 24.7 Å². The number of aliphatic hydroxyl groups is 1. The van der Waals surface area contributed by atoms with E-state index in [-0.39, 0.29) is 51.5 Å². The number of nitrogens with zero attached hydrogens (tertiary/aromatic N) is 4. The molecule has 1 aliphatic rings. The normalized spacial score (nSPS) is 20.4. The number of H-pyrrole nitrogens is 1. The molecule has 0 bridgehead atoms. The van der Waals surface area contributed by atoms with Gasteiger partial charge >= 0.3 is 6.18 Å². The fourth-order valence-electron chi connectivity index (χ4n) is 4.53. The Hall–Kier alpha value is -3.24. The molecule has 0 amide bonds. The van der Waals surface area contributed by atoms with Crippen LogP contribution in [0.2, 0.25) is 5.02 Å². The molecule has 1 saturated carbocycles. The molecule has 4 aromatic rings. The van der Waals surface area contributed by atoms with Crippen LogP contribution >= 0.6 is 11.6 Å². The minimum Gasteiger partial charge on any atom is -0.390 e. The van der Waals surface area contributed by atoms with Crippen molar-refractivity contribution in [3.05, 3.63) is 65.7 Å². The minimum atomic E-state index is -4.74. The van der Waals surface area contributed by atoms with Crippen molar-refractivity contribution >= 4 is 11.6 Å². The summed E-state index contributed by atoms with van der Waals surface area (Å²) >= 11 is 6.27. The first kappa shape index (κ1) is 22.5. The third kappa shape index (κ3) is 3.76. The van der Waals surface area contributed by atoms with Crippen LogP contribution in [0.3, 0.4) is 0 Å². The number of benzene rings is 1. The van der Waals surface area contributed by atoms with Gasteiger partial charge in [0, 0.05) is 34.6 Å². The number of hydrogen-bond donors (Lipinski definition) is 2. The Bertz CT molecular complexity index is 1340. The van der Waals surface area contributed by atoms with E-state index in [1.165, 1.54) is 43.0 Å². The third-order valence-corrected chi connectivity index (χ3v) is 6.30. The Kier molecular flexibility index (Phi) is 5.25. The lowest BCUT2D eigenvalue weighted by atomic mass is 9.77. The Labute approximate surface area is 196 Å². The van der Waals surface area contributed by atoms with Crippen LogP contribution in [0.25, 0.3) is 33.6 Å². The Morgan fingerprint density at radius 2 is 1.94 bits per heavy atom. The van der Waals surface area contributed by atoms with E-state index in [0.29, 0.717) is 0 Å². The molecule has 5 rings (SSSR count). The van der Waals surface area contributed by atoms with Crippen LogP contribution in [0.15, 0.2) is 49.2 Å². The highest BCUT2D eigenvalue weighted by molar-refractivity contribution is 6.33. The van der Waals surface area contributed by atoms with E-state index < -0.39 is 29.3 Å². The first-order valence-corrected chi connectivity index (χ1v) is 10.7. The van der Waals surface area contributed by atoms with E-state index >= 15 is 0 Å². The maximum absolute atomic E-state index is 14.8. The molecule has 0 saturated heterocycles. The molecule has 176 valence electrons. The topological polar surface area (TPSA) is 79.6 Å². The standard InChI is InChI=1S/C23H18ClF4N5O/c1-22(34)7-12(8-22)33-21(23(26,27)28)14(10-32-33)20-19(17-5-6-29-11-31-17)13(9-30-20)18-15(24)3-2-4-16(18)25/h2-6,9-12,30,34H,7-8H2,1H3. The summed E-state index contributed by atoms with van der Waals surface area (Å²) in [5, 5.41) is 14.2. The molecule has 0 atom stereocenters. The monoisotopic (exact) mass is 491 g/mol. The van der Waals surface area contributed by atoms with Gasteiger partial charge in [-0.15, -0.1) is 0 Å². The summed E-state index contributed by atoms with van der Waals surface area (Å²) in [6.07, 6.45) is 0.784. The van der Waals surface area contributed by atoms with E-state index in [9.17, 15) is 22.7 Å². The quantitative estimate of drug-likeness (QED) is 0.348. The Morgan fingerprint density at radius 3 is 2.56 bits per heavy atom. The summed E-state index contributed by atoms with van der Waals surface area (Å²) in [7, 11) is 0. The molecule has 3 heterocycles. The van der Waals surface area contributed by atoms with Gasteiger partial charge < -0.3 is 10.1 Å². The molecular formula is C23H18ClF4N5O. The van der Waals surface area contributed by atoms with Gasteiger partial charge in [-0.2, -0.15) is 18.3 Å². The number of alkyl halides is 3. The van der Waals surface area contributed by atoms with E-state index in [4.69, 9.17) is 11.6 Å². The lowest BCUT2D eigenvalue weighted by Gasteiger charge is -2.41. The molecule has 34 heavy (non-hydrogen) atoms. The highest BCUT2D eigenvalue weighted by Gasteiger charge is 2.46. The van der Waals surface area contributed by atoms with Gasteiger partial charge in [-0.3, -0.25) is 4.68 Å². The van der Waals surface area contributed by atoms with Crippen LogP contribution in [0.4, 0.5) is 17.6 Å². The second-order valence-corrected chi connectivity index (χ2v) is 8.96. The molecule has 3 aromatic heterocycles. The fraction of sp³-hybridized carbons (Fsp3) is 0.261. The van der Waals surface area contributed by atoms with Crippen molar-refractivity contribution in [3.63, 3.8) is 0 Å². The molecule has 1 aliphatic carbocycles. The molecule has 0 unspecified atom stereocenters. The molecule has 11 heteroatoms. The summed E-state index contributed by atoms with van der Waals surface area (Å²) in [6, 6.07) is 5.08. The van der Waals surface area contributed by atoms with Crippen molar-refractivity contribution in [2.75, 3.05) is 0 Å². The first-order chi connectivity index (χ1) is 16.1. The average molecular weight is 492 g/mol. The van der Waals surface area contributed by atoms with Crippen LogP contribution in [0, 0.1) is 5.82 Å². The van der Waals surface area contributed by atoms with E-state index in [2.05, 4.69) is 20.1 Å². The van der Waals surface area contributed by atoms with Gasteiger partial charge in [-0.25, -0.2) is 14.4 Å². The minimum absolute atomic E-state index is 0.0382. The molecule has 0 spiro atoms. The van der Waals surface area contributed by atoms with Crippen LogP contribution in [0.1, 0.15) is 31.5 Å². The predicted octanol–water partition coefficient (Wildman–Crippen LogP) is 5.90. The van der Waals surface area contributed by atoms with Crippen LogP contribution < -0.4 is 0 Å². The van der Waals surface area contributed by atoms with Gasteiger partial charge in [0.2, 0.25) is 0 Å². The van der Waals surface area contributed by atoms with Crippen molar-refractivity contribution < 1.29 is 22.7 Å². The van der Waals surface area contributed by atoms with Crippen molar-refractivity contribution in [1.29, 1.82) is 0 Å². The van der Waals surface area contributed by atoms with Crippen LogP contribution in [-0.4, -0.2) is 35.4 Å². The molecule has 1 fully saturated rings. The summed E-state index contributed by atoms with van der Waals surface area (Å²) in [5.74, 6) is -0.628. The van der Waals surface area contributed by atoms with E-state index in [1.54, 1.807) is 6.92 Å². The molecule has 2 N–H and O–H groups in total. The van der Waals surface area contributed by atoms with Crippen molar-refractivity contribution in [2.24, 2.45) is 0 Å². The molecule has 6 nitrogen and oxygen atoms in total. The van der Waals surface area contributed by atoms with Crippen molar-refractivity contribution in [2.45, 2.75) is 37.6 Å². The Balaban J connectivity index is 1.75. The van der Waals surface area contributed by atoms with Crippen molar-refractivity contribution in [3.8, 4) is 33.6 Å². The largest absolute Gasteiger partial charge is 0.433 e. The fourth-order valence-corrected chi connectivity index (χ4v) is 4.79. The summed E-state index contributed by atoms with van der Waals surface area (Å²) in [6.45, 7) is 1.57. The maximum Gasteiger partial charge on any atom is 0.433 e. The number of halogens is 5. The van der Waals surface area contributed by atoms with E-state index in [0.717, 1.165) is 10.9 Å². The SMILES string of the molecule is CC1(O)CC(n2ncc(-c3[nH]cc(-c4c(F)cccc4Cl)c3-c3ccncn3)c2C(F)(F)F)C1. The molecular weight excluding hydrogens is 474 g/mol. The van der Waals surface area contributed by atoms with Gasteiger partial charge in [0.05, 0.1) is 34.3 Å². The highest BCUT2D eigenvalue weighted by Crippen LogP contribution is 2.48. The van der Waals surface area contributed by atoms with Gasteiger partial charge in [0.1, 0.15) is 12.1 Å². The van der Waals surface area contributed by atoms with Gasteiger partial charge in [0.15, 0.2) is 5.69 Å². The first-order valence-electron chi connectivity index (χ1n) is 10.4. The molecule has 1 aromatic carbocycles. The zero-order chi connectivity index (χ0) is 24.3. The number of nitrogens with one attached hydrogen (secondary N) is 1. The maximum atomic E-state index is 14.8. The number of rotatable bonds is 4. The second kappa shape index (κ2) is 7.92. The van der Waals surface area contributed by atoms with Gasteiger partial charge in [-0.05, 0) is 38.0 Å². The summed E-state index contributed by atoms with van der Waals surface area (Å²) in [5.41, 5.74) is -1.33. The Morgan fingerprint density at radius 1 is 1.18 bits per heavy atom. The molecule has 0 radical (unpaired) electrons. The van der Waals surface area contributed by atoms with Gasteiger partial charge in [-0.1, -0.05) is 17.7 Å². The average Bonchev–Trinajstić information content (AvgIpc) is 3.37. The lowest BCUT2D eigenvalue weighted by molar-refractivity contribution is -0.148. The zero-order valence-electron chi connectivity index (χ0n) is 17.7.